The van der Waals surface area contributed by atoms with Gasteiger partial charge in [0.2, 0.25) is 0 Å². The highest BCUT2D eigenvalue weighted by Crippen LogP contribution is 2.45. The summed E-state index contributed by atoms with van der Waals surface area (Å²) in [6.45, 7) is 1.28. The monoisotopic (exact) mass is 408 g/mol. The minimum atomic E-state index is -5.21. The van der Waals surface area contributed by atoms with E-state index in [0.29, 0.717) is 5.75 Å². The second-order valence-corrected chi connectivity index (χ2v) is 6.09. The van der Waals surface area contributed by atoms with E-state index in [1.54, 1.807) is 5.32 Å². The van der Waals surface area contributed by atoms with Crippen LogP contribution >= 0.6 is 12.2 Å². The Morgan fingerprint density at radius 3 is 2.52 bits per heavy atom. The van der Waals surface area contributed by atoms with Gasteiger partial charge < -0.3 is 30.0 Å². The van der Waals surface area contributed by atoms with E-state index in [1.807, 2.05) is 0 Å². The summed E-state index contributed by atoms with van der Waals surface area (Å²) >= 11 is 4.83. The van der Waals surface area contributed by atoms with Crippen LogP contribution in [0.25, 0.3) is 0 Å². The number of hydrogen-bond acceptors (Lipinski definition) is 6. The van der Waals surface area contributed by atoms with Crippen LogP contribution in [0.15, 0.2) is 18.2 Å². The molecule has 2 rings (SSSR count). The van der Waals surface area contributed by atoms with Crippen LogP contribution in [0.1, 0.15) is 18.5 Å². The van der Waals surface area contributed by atoms with Gasteiger partial charge in [-0.25, -0.2) is 0 Å². The number of methoxy groups -OCH3 is 2. The summed E-state index contributed by atoms with van der Waals surface area (Å²) < 4.78 is 56.1. The van der Waals surface area contributed by atoms with Gasteiger partial charge in [-0.15, -0.1) is 0 Å². The van der Waals surface area contributed by atoms with E-state index in [1.165, 1.54) is 39.3 Å². The number of halogens is 3. The van der Waals surface area contributed by atoms with Gasteiger partial charge in [-0.1, -0.05) is 0 Å². The molecule has 1 aromatic rings. The molecule has 0 saturated carbocycles. The number of carbonyl (C=O) groups excluding carboxylic acids is 1. The molecule has 1 saturated heterocycles. The van der Waals surface area contributed by atoms with Crippen molar-refractivity contribution in [3.8, 4) is 11.5 Å². The second-order valence-electron chi connectivity index (χ2n) is 5.68. The molecule has 3 N–H and O–H groups in total. The summed E-state index contributed by atoms with van der Waals surface area (Å²) in [5.74, 6) is -2.80. The average molecular weight is 408 g/mol. The third-order valence-corrected chi connectivity index (χ3v) is 4.34. The number of aliphatic hydroxyl groups is 1. The molecule has 1 fully saturated rings. The Hall–Kier alpha value is -2.27. The predicted octanol–water partition coefficient (Wildman–Crippen LogP) is 1.65. The summed E-state index contributed by atoms with van der Waals surface area (Å²) in [4.78, 5) is 12.4. The van der Waals surface area contributed by atoms with E-state index >= 15 is 0 Å². The molecular weight excluding hydrogens is 389 g/mol. The van der Waals surface area contributed by atoms with Gasteiger partial charge in [0.05, 0.1) is 26.9 Å². The van der Waals surface area contributed by atoms with Crippen molar-refractivity contribution in [2.24, 2.45) is 5.92 Å². The molecule has 3 atom stereocenters. The van der Waals surface area contributed by atoms with Crippen molar-refractivity contribution >= 4 is 23.3 Å². The van der Waals surface area contributed by atoms with Crippen molar-refractivity contribution < 1.29 is 37.3 Å². The van der Waals surface area contributed by atoms with E-state index in [4.69, 9.17) is 26.4 Å². The molecule has 0 spiro atoms. The Morgan fingerprint density at radius 1 is 1.33 bits per heavy atom. The van der Waals surface area contributed by atoms with Crippen molar-refractivity contribution in [3.05, 3.63) is 23.8 Å². The highest BCUT2D eigenvalue weighted by atomic mass is 32.1. The van der Waals surface area contributed by atoms with Crippen LogP contribution in [0.2, 0.25) is 0 Å². The van der Waals surface area contributed by atoms with Crippen LogP contribution in [0, 0.1) is 5.92 Å². The van der Waals surface area contributed by atoms with E-state index in [2.05, 4.69) is 5.32 Å². The lowest BCUT2D eigenvalue weighted by molar-refractivity contribution is -0.292. The number of thiocarbonyl (C=S) groups is 1. The smallest absolute Gasteiger partial charge is 0.437 e. The number of alkyl halides is 3. The predicted molar refractivity (Wildman–Crippen MR) is 92.3 cm³/mol. The van der Waals surface area contributed by atoms with Gasteiger partial charge in [0.1, 0.15) is 17.4 Å². The fraction of sp³-hybridized carbons (Fsp3) is 0.500. The first-order chi connectivity index (χ1) is 12.6. The van der Waals surface area contributed by atoms with E-state index in [0.717, 1.165) is 0 Å². The molecule has 0 bridgehead atoms. The topological polar surface area (TPSA) is 89.1 Å². The fourth-order valence-corrected chi connectivity index (χ4v) is 3.15. The molecule has 0 aliphatic carbocycles. The molecule has 1 aliphatic rings. The summed E-state index contributed by atoms with van der Waals surface area (Å²) in [5, 5.41) is 14.3. The standard InChI is InChI=1S/C16H19F3N2O5S/c1-4-26-13(22)11-12(9-6-5-8(24-2)7-10(9)25-3)20-14(27)21-15(11,23)16(17,18)19/h5-7,11-12,23H,4H2,1-3H3,(H2,20,21,27)/t11-,12-,15+/m0/s1. The van der Waals surface area contributed by atoms with Crippen LogP contribution in [0.4, 0.5) is 13.2 Å². The maximum atomic E-state index is 13.7. The first-order valence-corrected chi connectivity index (χ1v) is 8.26. The zero-order chi connectivity index (χ0) is 20.4. The summed E-state index contributed by atoms with van der Waals surface area (Å²) in [6, 6.07) is 2.98. The average Bonchev–Trinajstić information content (AvgIpc) is 2.59. The molecular formula is C16H19F3N2O5S. The van der Waals surface area contributed by atoms with Gasteiger partial charge in [0, 0.05) is 11.6 Å². The van der Waals surface area contributed by atoms with Crippen LogP contribution in [-0.2, 0) is 9.53 Å². The highest BCUT2D eigenvalue weighted by molar-refractivity contribution is 7.80. The molecule has 0 radical (unpaired) electrons. The number of rotatable bonds is 5. The molecule has 0 amide bonds. The SMILES string of the molecule is CCOC(=O)[C@@H]1[C@H](c2ccc(OC)cc2OC)NC(=S)N[C@]1(O)C(F)(F)F. The van der Waals surface area contributed by atoms with Crippen molar-refractivity contribution in [2.75, 3.05) is 20.8 Å². The number of carbonyl (C=O) groups is 1. The molecule has 1 heterocycles. The Morgan fingerprint density at radius 2 is 2.00 bits per heavy atom. The molecule has 150 valence electrons. The lowest BCUT2D eigenvalue weighted by Gasteiger charge is -2.45. The Bertz CT molecular complexity index is 730. The first-order valence-electron chi connectivity index (χ1n) is 7.85. The summed E-state index contributed by atoms with van der Waals surface area (Å²) in [7, 11) is 2.73. The van der Waals surface area contributed by atoms with Crippen molar-refractivity contribution in [1.29, 1.82) is 0 Å². The lowest BCUT2D eigenvalue weighted by Crippen LogP contribution is -2.73. The molecule has 1 aromatic carbocycles. The van der Waals surface area contributed by atoms with Crippen molar-refractivity contribution in [1.82, 2.24) is 10.6 Å². The van der Waals surface area contributed by atoms with Crippen LogP contribution in [0.3, 0.4) is 0 Å². The van der Waals surface area contributed by atoms with Gasteiger partial charge in [0.25, 0.3) is 5.72 Å². The molecule has 0 unspecified atom stereocenters. The lowest BCUT2D eigenvalue weighted by atomic mass is 9.81. The van der Waals surface area contributed by atoms with E-state index in [9.17, 15) is 23.1 Å². The fourth-order valence-electron chi connectivity index (χ4n) is 2.87. The molecule has 1 aliphatic heterocycles. The van der Waals surface area contributed by atoms with Gasteiger partial charge in [-0.3, -0.25) is 4.79 Å². The normalized spacial score (nSPS) is 25.2. The number of hydrogen-bond donors (Lipinski definition) is 3. The maximum Gasteiger partial charge on any atom is 0.437 e. The van der Waals surface area contributed by atoms with Crippen molar-refractivity contribution in [2.45, 2.75) is 24.9 Å². The largest absolute Gasteiger partial charge is 0.497 e. The Labute approximate surface area is 158 Å². The number of benzene rings is 1. The highest BCUT2D eigenvalue weighted by Gasteiger charge is 2.66. The number of esters is 1. The molecule has 0 aromatic heterocycles. The zero-order valence-corrected chi connectivity index (χ0v) is 15.5. The second kappa shape index (κ2) is 7.77. The quantitative estimate of drug-likeness (QED) is 0.501. The third kappa shape index (κ3) is 3.88. The maximum absolute atomic E-state index is 13.7. The van der Waals surface area contributed by atoms with Crippen LogP contribution < -0.4 is 20.1 Å². The van der Waals surface area contributed by atoms with Crippen LogP contribution in [-0.4, -0.2) is 48.9 Å². The van der Waals surface area contributed by atoms with Crippen LogP contribution in [0.5, 0.6) is 11.5 Å². The van der Waals surface area contributed by atoms with E-state index in [-0.39, 0.29) is 17.9 Å². The zero-order valence-electron chi connectivity index (χ0n) is 14.7. The molecule has 27 heavy (non-hydrogen) atoms. The Balaban J connectivity index is 2.64. The molecule has 7 nitrogen and oxygen atoms in total. The third-order valence-electron chi connectivity index (χ3n) is 4.12. The van der Waals surface area contributed by atoms with Gasteiger partial charge in [-0.2, -0.15) is 13.2 Å². The summed E-state index contributed by atoms with van der Waals surface area (Å²) in [6.07, 6.45) is -5.21. The number of nitrogens with one attached hydrogen (secondary N) is 2. The molecule has 11 heteroatoms. The van der Waals surface area contributed by atoms with E-state index < -0.39 is 34.9 Å². The minimum absolute atomic E-state index is 0.148. The van der Waals surface area contributed by atoms with Gasteiger partial charge >= 0.3 is 12.1 Å². The van der Waals surface area contributed by atoms with Gasteiger partial charge in [-0.05, 0) is 31.3 Å². The summed E-state index contributed by atoms with van der Waals surface area (Å²) in [5.41, 5.74) is -3.46. The first kappa shape index (κ1) is 21.0. The van der Waals surface area contributed by atoms with Crippen molar-refractivity contribution in [3.63, 3.8) is 0 Å². The Kier molecular flexibility index (Phi) is 6.05. The van der Waals surface area contributed by atoms with Gasteiger partial charge in [0.15, 0.2) is 5.11 Å². The minimum Gasteiger partial charge on any atom is -0.497 e. The number of ether oxygens (including phenoxy) is 3.